The number of nitrogens with zero attached hydrogens (tertiary/aromatic N) is 1. The molecule has 0 aliphatic carbocycles. The molecule has 0 amide bonds. The molecule has 0 saturated carbocycles. The van der Waals surface area contributed by atoms with Crippen molar-refractivity contribution in [3.63, 3.8) is 0 Å². The molecule has 4 nitrogen and oxygen atoms in total. The minimum atomic E-state index is -0.283. The first-order valence-electron chi connectivity index (χ1n) is 9.20. The third-order valence-electron chi connectivity index (χ3n) is 3.76. The summed E-state index contributed by atoms with van der Waals surface area (Å²) >= 11 is 0. The molecule has 0 aromatic carbocycles. The highest BCUT2D eigenvalue weighted by Gasteiger charge is 2.06. The lowest BCUT2D eigenvalue weighted by atomic mass is 10.1. The second kappa shape index (κ2) is 17.6. The van der Waals surface area contributed by atoms with Gasteiger partial charge in [0.2, 0.25) is 5.70 Å². The molecule has 0 N–H and O–H groups in total. The van der Waals surface area contributed by atoms with Gasteiger partial charge in [0, 0.05) is 6.42 Å². The first-order valence-corrected chi connectivity index (χ1v) is 9.20. The molecule has 0 unspecified atom stereocenters. The van der Waals surface area contributed by atoms with Crippen LogP contribution in [0.15, 0.2) is 36.1 Å². The van der Waals surface area contributed by atoms with Gasteiger partial charge in [-0.2, -0.15) is 0 Å². The molecule has 0 spiro atoms. The minimum absolute atomic E-state index is 0.275. The molecule has 24 heavy (non-hydrogen) atoms. The molecule has 0 aliphatic heterocycles. The Morgan fingerprint density at radius 1 is 0.958 bits per heavy atom. The van der Waals surface area contributed by atoms with E-state index >= 15 is 0 Å². The Morgan fingerprint density at radius 2 is 1.62 bits per heavy atom. The summed E-state index contributed by atoms with van der Waals surface area (Å²) in [7, 11) is 0. The Hall–Kier alpha value is -1.71. The predicted molar refractivity (Wildman–Crippen MR) is 100 cm³/mol. The van der Waals surface area contributed by atoms with Crippen LogP contribution in [0, 0.1) is 10.1 Å². The molecule has 0 aliphatic rings. The number of nitro groups is 1. The average molecular weight is 334 g/mol. The SMILES string of the molecule is CCCCC/C=C/C/C(=C/C/C=C/CCCCCC[C]=O)[N+](=O)[O-]. The van der Waals surface area contributed by atoms with Crippen LogP contribution in [0.3, 0.4) is 0 Å². The molecular weight excluding hydrogens is 302 g/mol. The fourth-order valence-corrected chi connectivity index (χ4v) is 2.30. The van der Waals surface area contributed by atoms with Crippen molar-refractivity contribution in [1.29, 1.82) is 0 Å². The summed E-state index contributed by atoms with van der Waals surface area (Å²) in [4.78, 5) is 20.8. The highest BCUT2D eigenvalue weighted by Crippen LogP contribution is 2.09. The fraction of sp³-hybridized carbons (Fsp3) is 0.650. The molecule has 0 aromatic rings. The summed E-state index contributed by atoms with van der Waals surface area (Å²) in [6, 6.07) is 0. The first kappa shape index (κ1) is 22.3. The highest BCUT2D eigenvalue weighted by molar-refractivity contribution is 5.50. The van der Waals surface area contributed by atoms with Crippen molar-refractivity contribution in [2.45, 2.75) is 84.0 Å². The smallest absolute Gasteiger partial charge is 0.246 e. The third kappa shape index (κ3) is 15.2. The van der Waals surface area contributed by atoms with Gasteiger partial charge in [-0.15, -0.1) is 0 Å². The second-order valence-corrected chi connectivity index (χ2v) is 5.93. The van der Waals surface area contributed by atoms with Gasteiger partial charge in [0.1, 0.15) is 0 Å². The summed E-state index contributed by atoms with van der Waals surface area (Å²) in [5, 5.41) is 11.0. The van der Waals surface area contributed by atoms with Crippen LogP contribution in [-0.2, 0) is 4.79 Å². The summed E-state index contributed by atoms with van der Waals surface area (Å²) in [5.74, 6) is 0. The van der Waals surface area contributed by atoms with Crippen LogP contribution < -0.4 is 0 Å². The van der Waals surface area contributed by atoms with Gasteiger partial charge in [-0.1, -0.05) is 56.9 Å². The van der Waals surface area contributed by atoms with Gasteiger partial charge in [-0.25, -0.2) is 0 Å². The van der Waals surface area contributed by atoms with Crippen LogP contribution in [0.25, 0.3) is 0 Å². The predicted octanol–water partition coefficient (Wildman–Crippen LogP) is 6.07. The number of carbonyl (C=O) groups excluding carboxylic acids is 1. The monoisotopic (exact) mass is 334 g/mol. The van der Waals surface area contributed by atoms with Crippen LogP contribution in [-0.4, -0.2) is 11.2 Å². The molecule has 0 rings (SSSR count). The third-order valence-corrected chi connectivity index (χ3v) is 3.76. The number of hydrogen-bond acceptors (Lipinski definition) is 3. The van der Waals surface area contributed by atoms with Crippen molar-refractivity contribution in [2.75, 3.05) is 0 Å². The van der Waals surface area contributed by atoms with E-state index in [1.54, 1.807) is 6.08 Å². The van der Waals surface area contributed by atoms with Crippen LogP contribution >= 0.6 is 0 Å². The summed E-state index contributed by atoms with van der Waals surface area (Å²) < 4.78 is 0. The van der Waals surface area contributed by atoms with Crippen LogP contribution in [0.5, 0.6) is 0 Å². The molecule has 0 aromatic heterocycles. The molecule has 0 bridgehead atoms. The van der Waals surface area contributed by atoms with E-state index in [-0.39, 0.29) is 10.6 Å². The average Bonchev–Trinajstić information content (AvgIpc) is 2.57. The van der Waals surface area contributed by atoms with Crippen molar-refractivity contribution < 1.29 is 9.72 Å². The highest BCUT2D eigenvalue weighted by atomic mass is 16.6. The van der Waals surface area contributed by atoms with Crippen LogP contribution in [0.1, 0.15) is 84.0 Å². The van der Waals surface area contributed by atoms with E-state index in [0.717, 1.165) is 44.9 Å². The quantitative estimate of drug-likeness (QED) is 0.149. The second-order valence-electron chi connectivity index (χ2n) is 5.93. The first-order chi connectivity index (χ1) is 11.7. The minimum Gasteiger partial charge on any atom is -0.291 e. The topological polar surface area (TPSA) is 60.2 Å². The van der Waals surface area contributed by atoms with E-state index in [9.17, 15) is 14.9 Å². The Balaban J connectivity index is 3.88. The van der Waals surface area contributed by atoms with Crippen LogP contribution in [0.2, 0.25) is 0 Å². The number of hydrogen-bond donors (Lipinski definition) is 0. The van der Waals surface area contributed by atoms with E-state index in [2.05, 4.69) is 13.0 Å². The van der Waals surface area contributed by atoms with E-state index < -0.39 is 0 Å². The zero-order chi connectivity index (χ0) is 17.9. The van der Waals surface area contributed by atoms with Crippen molar-refractivity contribution >= 4 is 6.29 Å². The Labute approximate surface area is 146 Å². The lowest BCUT2D eigenvalue weighted by molar-refractivity contribution is -0.427. The number of unbranched alkanes of at least 4 members (excludes halogenated alkanes) is 8. The maximum absolute atomic E-state index is 11.0. The standard InChI is InChI=1S/C20H32NO3/c1-2-3-4-5-11-14-17-20(21(23)24)18-15-12-9-7-6-8-10-13-16-19-22/h9,11-12,14,18H,2-8,10,13,15-17H2,1H3/b12-9+,14-11+,20-18-. The molecule has 0 heterocycles. The Bertz CT molecular complexity index is 411. The normalized spacial score (nSPS) is 12.3. The van der Waals surface area contributed by atoms with Gasteiger partial charge in [0.05, 0.1) is 11.3 Å². The largest absolute Gasteiger partial charge is 0.291 e. The lowest BCUT2D eigenvalue weighted by Gasteiger charge is -1.96. The van der Waals surface area contributed by atoms with Crippen molar-refractivity contribution in [3.8, 4) is 0 Å². The van der Waals surface area contributed by atoms with Gasteiger partial charge in [0.25, 0.3) is 0 Å². The van der Waals surface area contributed by atoms with E-state index in [1.165, 1.54) is 12.8 Å². The molecule has 0 fully saturated rings. The van der Waals surface area contributed by atoms with Crippen molar-refractivity contribution in [1.82, 2.24) is 0 Å². The van der Waals surface area contributed by atoms with Gasteiger partial charge >= 0.3 is 0 Å². The number of rotatable bonds is 16. The summed E-state index contributed by atoms with van der Waals surface area (Å²) in [6.07, 6.45) is 22.9. The Morgan fingerprint density at radius 3 is 2.29 bits per heavy atom. The zero-order valence-corrected chi connectivity index (χ0v) is 15.0. The van der Waals surface area contributed by atoms with Crippen LogP contribution in [0.4, 0.5) is 0 Å². The van der Waals surface area contributed by atoms with E-state index in [1.807, 2.05) is 24.5 Å². The fourth-order valence-electron chi connectivity index (χ4n) is 2.30. The molecule has 1 radical (unpaired) electrons. The number of allylic oxidation sites excluding steroid dienone is 5. The van der Waals surface area contributed by atoms with Gasteiger partial charge < -0.3 is 0 Å². The molecule has 4 heteroatoms. The molecular formula is C20H32NO3. The van der Waals surface area contributed by atoms with Crippen molar-refractivity contribution in [3.05, 3.63) is 46.2 Å². The summed E-state index contributed by atoms with van der Waals surface area (Å²) in [6.45, 7) is 2.16. The Kier molecular flexibility index (Phi) is 16.4. The van der Waals surface area contributed by atoms with Crippen molar-refractivity contribution in [2.24, 2.45) is 0 Å². The maximum atomic E-state index is 11.0. The summed E-state index contributed by atoms with van der Waals surface area (Å²) in [5.41, 5.74) is 0.275. The van der Waals surface area contributed by atoms with Gasteiger partial charge in [-0.3, -0.25) is 14.9 Å². The van der Waals surface area contributed by atoms with E-state index in [0.29, 0.717) is 19.3 Å². The zero-order valence-electron chi connectivity index (χ0n) is 15.0. The van der Waals surface area contributed by atoms with E-state index in [4.69, 9.17) is 0 Å². The molecule has 0 atom stereocenters. The lowest BCUT2D eigenvalue weighted by Crippen LogP contribution is -1.97. The molecule has 135 valence electrons. The van der Waals surface area contributed by atoms with Gasteiger partial charge in [-0.05, 0) is 44.6 Å². The molecule has 0 saturated heterocycles. The maximum Gasteiger partial charge on any atom is 0.246 e. The van der Waals surface area contributed by atoms with Gasteiger partial charge in [0.15, 0.2) is 6.29 Å².